The van der Waals surface area contributed by atoms with Gasteiger partial charge in [-0.1, -0.05) is 12.1 Å². The molecule has 3 heteroatoms. The number of pyridine rings is 1. The second-order valence-electron chi connectivity index (χ2n) is 4.90. The van der Waals surface area contributed by atoms with Gasteiger partial charge in [0.1, 0.15) is 11.6 Å². The first-order valence-electron chi connectivity index (χ1n) is 6.95. The van der Waals surface area contributed by atoms with Gasteiger partial charge in [0.25, 0.3) is 0 Å². The minimum absolute atomic E-state index is 0.884. The van der Waals surface area contributed by atoms with E-state index >= 15 is 0 Å². The molecule has 0 saturated carbocycles. The van der Waals surface area contributed by atoms with E-state index < -0.39 is 0 Å². The summed E-state index contributed by atoms with van der Waals surface area (Å²) in [6.07, 6.45) is 3.71. The van der Waals surface area contributed by atoms with Gasteiger partial charge in [-0.3, -0.25) is 0 Å². The van der Waals surface area contributed by atoms with Crippen LogP contribution in [0, 0.1) is 0 Å². The van der Waals surface area contributed by atoms with E-state index in [0.717, 1.165) is 23.9 Å². The number of aryl methyl sites for hydroxylation is 2. The first-order chi connectivity index (χ1) is 9.35. The maximum atomic E-state index is 4.53. The molecule has 0 radical (unpaired) electrons. The predicted molar refractivity (Wildman–Crippen MR) is 80.2 cm³/mol. The maximum absolute atomic E-state index is 4.53. The fourth-order valence-electron chi connectivity index (χ4n) is 2.58. The number of fused-ring (bicyclic) bond motifs is 1. The minimum Gasteiger partial charge on any atom is -0.370 e. The van der Waals surface area contributed by atoms with Crippen LogP contribution < -0.4 is 10.6 Å². The first-order valence-corrected chi connectivity index (χ1v) is 6.95. The molecular weight excluding hydrogens is 234 g/mol. The molecule has 2 N–H and O–H groups in total. The number of benzene rings is 1. The Kier molecular flexibility index (Phi) is 3.36. The smallest absolute Gasteiger partial charge is 0.132 e. The molecule has 0 amide bonds. The van der Waals surface area contributed by atoms with Crippen molar-refractivity contribution in [3.8, 4) is 0 Å². The van der Waals surface area contributed by atoms with Gasteiger partial charge in [0.15, 0.2) is 0 Å². The summed E-state index contributed by atoms with van der Waals surface area (Å²) < 4.78 is 0. The van der Waals surface area contributed by atoms with Crippen LogP contribution in [0.5, 0.6) is 0 Å². The highest BCUT2D eigenvalue weighted by molar-refractivity contribution is 5.60. The molecule has 1 aromatic carbocycles. The molecule has 0 spiro atoms. The summed E-state index contributed by atoms with van der Waals surface area (Å²) in [6.45, 7) is 2.96. The predicted octanol–water partition coefficient (Wildman–Crippen LogP) is 3.75. The molecule has 0 aliphatic heterocycles. The van der Waals surface area contributed by atoms with Crippen LogP contribution in [-0.2, 0) is 12.8 Å². The summed E-state index contributed by atoms with van der Waals surface area (Å²) in [4.78, 5) is 4.53. The van der Waals surface area contributed by atoms with Crippen molar-refractivity contribution in [3.05, 3.63) is 47.5 Å². The van der Waals surface area contributed by atoms with E-state index in [2.05, 4.69) is 40.7 Å². The minimum atomic E-state index is 0.884. The lowest BCUT2D eigenvalue weighted by Crippen LogP contribution is -2.01. The quantitative estimate of drug-likeness (QED) is 0.871. The normalized spacial score (nSPS) is 13.1. The van der Waals surface area contributed by atoms with Crippen molar-refractivity contribution in [3.63, 3.8) is 0 Å². The topological polar surface area (TPSA) is 37.0 Å². The highest BCUT2D eigenvalue weighted by atomic mass is 15.1. The van der Waals surface area contributed by atoms with E-state index in [1.807, 2.05) is 18.2 Å². The molecule has 98 valence electrons. The number of hydrogen-bond donors (Lipinski definition) is 2. The van der Waals surface area contributed by atoms with Crippen molar-refractivity contribution in [2.45, 2.75) is 26.2 Å². The van der Waals surface area contributed by atoms with Crippen molar-refractivity contribution in [1.29, 1.82) is 0 Å². The highest BCUT2D eigenvalue weighted by Crippen LogP contribution is 2.26. The molecule has 0 fully saturated rings. The van der Waals surface area contributed by atoms with Gasteiger partial charge in [0, 0.05) is 12.2 Å². The largest absolute Gasteiger partial charge is 0.370 e. The van der Waals surface area contributed by atoms with Gasteiger partial charge in [-0.25, -0.2) is 4.98 Å². The summed E-state index contributed by atoms with van der Waals surface area (Å²) >= 11 is 0. The number of nitrogens with zero attached hydrogens (tertiary/aromatic N) is 1. The second kappa shape index (κ2) is 5.31. The molecule has 0 saturated heterocycles. The Morgan fingerprint density at radius 1 is 1.05 bits per heavy atom. The van der Waals surface area contributed by atoms with Crippen molar-refractivity contribution in [1.82, 2.24) is 4.98 Å². The van der Waals surface area contributed by atoms with Gasteiger partial charge < -0.3 is 10.6 Å². The SMILES string of the molecule is CCNc1cccc(Nc2ccc3c(c2)CCC3)n1. The first kappa shape index (κ1) is 12.0. The van der Waals surface area contributed by atoms with E-state index in [1.165, 1.54) is 30.4 Å². The number of rotatable bonds is 4. The summed E-state index contributed by atoms with van der Waals surface area (Å²) in [5, 5.41) is 6.61. The van der Waals surface area contributed by atoms with Crippen molar-refractivity contribution >= 4 is 17.3 Å². The molecule has 3 nitrogen and oxygen atoms in total. The molecule has 0 unspecified atom stereocenters. The van der Waals surface area contributed by atoms with Gasteiger partial charge in [0.05, 0.1) is 0 Å². The molecule has 1 aliphatic carbocycles. The third kappa shape index (κ3) is 2.70. The van der Waals surface area contributed by atoms with E-state index in [-0.39, 0.29) is 0 Å². The molecule has 19 heavy (non-hydrogen) atoms. The van der Waals surface area contributed by atoms with Crippen LogP contribution in [0.15, 0.2) is 36.4 Å². The van der Waals surface area contributed by atoms with Crippen LogP contribution in [0.3, 0.4) is 0 Å². The summed E-state index contributed by atoms with van der Waals surface area (Å²) in [7, 11) is 0. The second-order valence-corrected chi connectivity index (χ2v) is 4.90. The van der Waals surface area contributed by atoms with E-state index in [1.54, 1.807) is 0 Å². The van der Waals surface area contributed by atoms with Crippen molar-refractivity contribution in [2.75, 3.05) is 17.2 Å². The van der Waals surface area contributed by atoms with Crippen LogP contribution in [0.1, 0.15) is 24.5 Å². The fraction of sp³-hybridized carbons (Fsp3) is 0.312. The molecule has 1 aromatic heterocycles. The average molecular weight is 253 g/mol. The zero-order valence-electron chi connectivity index (χ0n) is 11.2. The van der Waals surface area contributed by atoms with Gasteiger partial charge in [-0.2, -0.15) is 0 Å². The highest BCUT2D eigenvalue weighted by Gasteiger charge is 2.10. The van der Waals surface area contributed by atoms with Gasteiger partial charge >= 0.3 is 0 Å². The van der Waals surface area contributed by atoms with Crippen LogP contribution in [-0.4, -0.2) is 11.5 Å². The Morgan fingerprint density at radius 2 is 1.89 bits per heavy atom. The Hall–Kier alpha value is -2.03. The number of nitrogens with one attached hydrogen (secondary N) is 2. The van der Waals surface area contributed by atoms with Gasteiger partial charge in [-0.05, 0) is 61.6 Å². The molecule has 0 atom stereocenters. The van der Waals surface area contributed by atoms with E-state index in [0.29, 0.717) is 0 Å². The Morgan fingerprint density at radius 3 is 2.79 bits per heavy atom. The average Bonchev–Trinajstić information content (AvgIpc) is 2.87. The summed E-state index contributed by atoms with van der Waals surface area (Å²) in [5.41, 5.74) is 4.11. The number of anilines is 3. The summed E-state index contributed by atoms with van der Waals surface area (Å²) in [6, 6.07) is 12.6. The van der Waals surface area contributed by atoms with E-state index in [4.69, 9.17) is 0 Å². The monoisotopic (exact) mass is 253 g/mol. The Balaban J connectivity index is 1.79. The third-order valence-corrected chi connectivity index (χ3v) is 3.48. The molecule has 2 aromatic rings. The maximum Gasteiger partial charge on any atom is 0.132 e. The number of hydrogen-bond acceptors (Lipinski definition) is 3. The molecular formula is C16H19N3. The fourth-order valence-corrected chi connectivity index (χ4v) is 2.58. The molecule has 3 rings (SSSR count). The standard InChI is InChI=1S/C16H19N3/c1-2-17-15-7-4-8-16(19-15)18-14-10-9-12-5-3-6-13(12)11-14/h4,7-11H,2-3,5-6H2,1H3,(H2,17,18,19). The lowest BCUT2D eigenvalue weighted by atomic mass is 10.1. The van der Waals surface area contributed by atoms with E-state index in [9.17, 15) is 0 Å². The molecule has 1 aliphatic rings. The molecule has 0 bridgehead atoms. The third-order valence-electron chi connectivity index (χ3n) is 3.48. The number of aromatic nitrogens is 1. The van der Waals surface area contributed by atoms with Crippen LogP contribution in [0.25, 0.3) is 0 Å². The van der Waals surface area contributed by atoms with Crippen LogP contribution in [0.2, 0.25) is 0 Å². The lowest BCUT2D eigenvalue weighted by Gasteiger charge is -2.09. The van der Waals surface area contributed by atoms with Crippen molar-refractivity contribution in [2.24, 2.45) is 0 Å². The lowest BCUT2D eigenvalue weighted by molar-refractivity contribution is 0.912. The van der Waals surface area contributed by atoms with Crippen LogP contribution >= 0.6 is 0 Å². The summed E-state index contributed by atoms with van der Waals surface area (Å²) in [5.74, 6) is 1.80. The van der Waals surface area contributed by atoms with Crippen LogP contribution in [0.4, 0.5) is 17.3 Å². The molecule has 1 heterocycles. The Bertz CT molecular complexity index is 578. The van der Waals surface area contributed by atoms with Crippen molar-refractivity contribution < 1.29 is 0 Å². The zero-order chi connectivity index (χ0) is 13.1. The van der Waals surface area contributed by atoms with Gasteiger partial charge in [0.2, 0.25) is 0 Å². The Labute approximate surface area is 114 Å². The zero-order valence-corrected chi connectivity index (χ0v) is 11.2. The van der Waals surface area contributed by atoms with Gasteiger partial charge in [-0.15, -0.1) is 0 Å².